The molecule has 84 valence electrons. The molecule has 0 aliphatic carbocycles. The molecule has 0 atom stereocenters. The molecule has 2 rings (SSSR count). The summed E-state index contributed by atoms with van der Waals surface area (Å²) in [5.74, 6) is -0.280. The maximum atomic E-state index is 12.7. The maximum absolute atomic E-state index is 12.7. The van der Waals surface area contributed by atoms with Gasteiger partial charge in [-0.3, -0.25) is 4.57 Å². The minimum Gasteiger partial charge on any atom is -0.290 e. The summed E-state index contributed by atoms with van der Waals surface area (Å²) in [6.45, 7) is 0. The fourth-order valence-corrected chi connectivity index (χ4v) is 1.37. The molecule has 0 saturated carbocycles. The van der Waals surface area contributed by atoms with Gasteiger partial charge in [0, 0.05) is 12.4 Å². The third-order valence-corrected chi connectivity index (χ3v) is 2.11. The van der Waals surface area contributed by atoms with Gasteiger partial charge in [0.15, 0.2) is 5.82 Å². The van der Waals surface area contributed by atoms with Gasteiger partial charge in [0.1, 0.15) is 11.5 Å². The molecule has 0 fully saturated rings. The lowest BCUT2D eigenvalue weighted by Crippen LogP contribution is -2.11. The zero-order valence-electron chi connectivity index (χ0n) is 7.74. The van der Waals surface area contributed by atoms with Gasteiger partial charge in [0.05, 0.1) is 5.56 Å². The second-order valence-corrected chi connectivity index (χ2v) is 3.36. The van der Waals surface area contributed by atoms with Crippen molar-refractivity contribution in [2.24, 2.45) is 0 Å². The highest BCUT2D eigenvalue weighted by molar-refractivity contribution is 6.29. The third kappa shape index (κ3) is 2.01. The van der Waals surface area contributed by atoms with Crippen LogP contribution >= 0.6 is 11.6 Å². The van der Waals surface area contributed by atoms with Crippen LogP contribution in [0, 0.1) is 0 Å². The second-order valence-electron chi connectivity index (χ2n) is 2.97. The summed E-state index contributed by atoms with van der Waals surface area (Å²) >= 11 is 5.57. The standard InChI is InChI=1S/C9H5ClF3N3/c10-7-2-1-6(9(11,12)13)8(15-7)16-4-3-14-5-16/h1-5H. The quantitative estimate of drug-likeness (QED) is 0.726. The molecule has 2 aromatic heterocycles. The summed E-state index contributed by atoms with van der Waals surface area (Å²) in [5, 5.41) is -0.00306. The highest BCUT2D eigenvalue weighted by Gasteiger charge is 2.34. The number of hydrogen-bond donors (Lipinski definition) is 0. The fourth-order valence-electron chi connectivity index (χ4n) is 1.23. The molecular formula is C9H5ClF3N3. The minimum absolute atomic E-state index is 0.00306. The van der Waals surface area contributed by atoms with Crippen LogP contribution in [-0.2, 0) is 6.18 Å². The van der Waals surface area contributed by atoms with E-state index in [0.717, 1.165) is 16.7 Å². The monoisotopic (exact) mass is 247 g/mol. The topological polar surface area (TPSA) is 30.7 Å². The molecule has 0 amide bonds. The number of alkyl halides is 3. The van der Waals surface area contributed by atoms with E-state index < -0.39 is 11.7 Å². The average Bonchev–Trinajstić information content (AvgIpc) is 2.68. The number of rotatable bonds is 1. The molecule has 0 bridgehead atoms. The number of pyridine rings is 1. The van der Waals surface area contributed by atoms with E-state index in [1.807, 2.05) is 0 Å². The molecule has 0 spiro atoms. The number of imidazole rings is 1. The van der Waals surface area contributed by atoms with Crippen molar-refractivity contribution in [1.82, 2.24) is 14.5 Å². The Kier molecular flexibility index (Phi) is 2.59. The number of nitrogens with zero attached hydrogens (tertiary/aromatic N) is 3. The lowest BCUT2D eigenvalue weighted by atomic mass is 10.2. The first kappa shape index (κ1) is 10.9. The van der Waals surface area contributed by atoms with E-state index in [1.54, 1.807) is 0 Å². The summed E-state index contributed by atoms with van der Waals surface area (Å²) in [6, 6.07) is 2.00. The van der Waals surface area contributed by atoms with E-state index >= 15 is 0 Å². The Hall–Kier alpha value is -1.56. The Morgan fingerprint density at radius 2 is 2.00 bits per heavy atom. The Labute approximate surface area is 93.5 Å². The van der Waals surface area contributed by atoms with Crippen LogP contribution in [0.3, 0.4) is 0 Å². The summed E-state index contributed by atoms with van der Waals surface area (Å²) in [6.07, 6.45) is -0.512. The van der Waals surface area contributed by atoms with Crippen LogP contribution < -0.4 is 0 Å². The summed E-state index contributed by atoms with van der Waals surface area (Å²) in [4.78, 5) is 7.31. The molecule has 0 N–H and O–H groups in total. The molecule has 0 radical (unpaired) electrons. The van der Waals surface area contributed by atoms with Gasteiger partial charge in [-0.15, -0.1) is 0 Å². The molecule has 0 aliphatic rings. The Bertz CT molecular complexity index is 493. The normalized spacial score (nSPS) is 11.8. The molecule has 2 aromatic rings. The molecule has 3 nitrogen and oxygen atoms in total. The van der Waals surface area contributed by atoms with Gasteiger partial charge in [-0.2, -0.15) is 13.2 Å². The lowest BCUT2D eigenvalue weighted by Gasteiger charge is -2.12. The SMILES string of the molecule is FC(F)(F)c1ccc(Cl)nc1-n1ccnc1. The van der Waals surface area contributed by atoms with Gasteiger partial charge < -0.3 is 0 Å². The summed E-state index contributed by atoms with van der Waals surface area (Å²) in [5.41, 5.74) is -0.852. The van der Waals surface area contributed by atoms with Crippen molar-refractivity contribution in [1.29, 1.82) is 0 Å². The van der Waals surface area contributed by atoms with Gasteiger partial charge in [0.25, 0.3) is 0 Å². The number of halogens is 4. The lowest BCUT2D eigenvalue weighted by molar-refractivity contribution is -0.137. The van der Waals surface area contributed by atoms with Gasteiger partial charge >= 0.3 is 6.18 Å². The number of aromatic nitrogens is 3. The highest BCUT2D eigenvalue weighted by Crippen LogP contribution is 2.33. The van der Waals surface area contributed by atoms with Crippen LogP contribution in [0.5, 0.6) is 0 Å². The predicted octanol–water partition coefficient (Wildman–Crippen LogP) is 2.94. The molecule has 0 saturated heterocycles. The van der Waals surface area contributed by atoms with Crippen LogP contribution in [0.25, 0.3) is 5.82 Å². The van der Waals surface area contributed by atoms with E-state index in [-0.39, 0.29) is 11.0 Å². The van der Waals surface area contributed by atoms with Crippen molar-refractivity contribution in [3.05, 3.63) is 41.6 Å². The zero-order chi connectivity index (χ0) is 11.8. The average molecular weight is 248 g/mol. The first-order chi connectivity index (χ1) is 7.48. The summed E-state index contributed by atoms with van der Waals surface area (Å²) in [7, 11) is 0. The first-order valence-corrected chi connectivity index (χ1v) is 4.58. The Morgan fingerprint density at radius 3 is 2.56 bits per heavy atom. The van der Waals surface area contributed by atoms with Crippen molar-refractivity contribution in [3.63, 3.8) is 0 Å². The van der Waals surface area contributed by atoms with Crippen LogP contribution in [-0.4, -0.2) is 14.5 Å². The fraction of sp³-hybridized carbons (Fsp3) is 0.111. The highest BCUT2D eigenvalue weighted by atomic mass is 35.5. The van der Waals surface area contributed by atoms with Crippen LogP contribution in [0.1, 0.15) is 5.56 Å². The molecule has 0 unspecified atom stereocenters. The second kappa shape index (κ2) is 3.79. The first-order valence-electron chi connectivity index (χ1n) is 4.20. The van der Waals surface area contributed by atoms with Crippen molar-refractivity contribution < 1.29 is 13.2 Å². The molecule has 0 aliphatic heterocycles. The van der Waals surface area contributed by atoms with E-state index in [4.69, 9.17) is 11.6 Å². The zero-order valence-corrected chi connectivity index (χ0v) is 8.50. The van der Waals surface area contributed by atoms with E-state index in [0.29, 0.717) is 0 Å². The molecular weight excluding hydrogens is 243 g/mol. The van der Waals surface area contributed by atoms with E-state index in [9.17, 15) is 13.2 Å². The van der Waals surface area contributed by atoms with Gasteiger partial charge in [-0.05, 0) is 12.1 Å². The molecule has 2 heterocycles. The Balaban J connectivity index is 2.63. The third-order valence-electron chi connectivity index (χ3n) is 1.90. The van der Waals surface area contributed by atoms with Crippen molar-refractivity contribution in [2.45, 2.75) is 6.18 Å². The van der Waals surface area contributed by atoms with E-state index in [2.05, 4.69) is 9.97 Å². The maximum Gasteiger partial charge on any atom is 0.419 e. The van der Waals surface area contributed by atoms with Crippen LogP contribution in [0.4, 0.5) is 13.2 Å². The van der Waals surface area contributed by atoms with Gasteiger partial charge in [0.2, 0.25) is 0 Å². The molecule has 16 heavy (non-hydrogen) atoms. The Morgan fingerprint density at radius 1 is 1.25 bits per heavy atom. The van der Waals surface area contributed by atoms with Crippen molar-refractivity contribution in [2.75, 3.05) is 0 Å². The largest absolute Gasteiger partial charge is 0.419 e. The molecule has 7 heteroatoms. The van der Waals surface area contributed by atoms with E-state index in [1.165, 1.54) is 18.7 Å². The predicted molar refractivity (Wildman–Crippen MR) is 51.4 cm³/mol. The van der Waals surface area contributed by atoms with Gasteiger partial charge in [-0.25, -0.2) is 9.97 Å². The minimum atomic E-state index is -4.48. The van der Waals surface area contributed by atoms with Crippen LogP contribution in [0.2, 0.25) is 5.15 Å². The number of hydrogen-bond acceptors (Lipinski definition) is 2. The van der Waals surface area contributed by atoms with Crippen molar-refractivity contribution >= 4 is 11.6 Å². The van der Waals surface area contributed by atoms with Crippen LogP contribution in [0.15, 0.2) is 30.9 Å². The smallest absolute Gasteiger partial charge is 0.290 e. The summed E-state index contributed by atoms with van der Waals surface area (Å²) < 4.78 is 39.1. The van der Waals surface area contributed by atoms with Gasteiger partial charge in [-0.1, -0.05) is 11.6 Å². The van der Waals surface area contributed by atoms with Crippen molar-refractivity contribution in [3.8, 4) is 5.82 Å². The molecule has 0 aromatic carbocycles.